The maximum absolute atomic E-state index is 12.2. The van der Waals surface area contributed by atoms with Crippen LogP contribution in [-0.4, -0.2) is 22.9 Å². The number of nitrogens with zero attached hydrogens (tertiary/aromatic N) is 2. The van der Waals surface area contributed by atoms with E-state index in [0.717, 1.165) is 33.6 Å². The summed E-state index contributed by atoms with van der Waals surface area (Å²) in [5, 5.41) is 5.29. The van der Waals surface area contributed by atoms with Gasteiger partial charge in [-0.3, -0.25) is 4.68 Å². The lowest BCUT2D eigenvalue weighted by atomic mass is 10.1. The lowest BCUT2D eigenvalue weighted by Gasteiger charge is -2.09. The standard InChI is InChI=1S/C24H25ClN2O3/c1-16-9-11-23(29-4)20(13-16)15-30-24(28)12-10-21-17(2)26-27(18(21)3)14-19-7-5-6-8-22(19)25/h5-13H,14-15H2,1-4H3/b12-10+. The Bertz CT molecular complexity index is 1090. The highest BCUT2D eigenvalue weighted by atomic mass is 35.5. The first-order chi connectivity index (χ1) is 14.4. The van der Waals surface area contributed by atoms with Crippen LogP contribution in [0.15, 0.2) is 48.5 Å². The van der Waals surface area contributed by atoms with Crippen LogP contribution < -0.4 is 4.74 Å². The number of carbonyl (C=O) groups is 1. The van der Waals surface area contributed by atoms with Crippen molar-refractivity contribution in [1.82, 2.24) is 9.78 Å². The van der Waals surface area contributed by atoms with Crippen molar-refractivity contribution in [3.63, 3.8) is 0 Å². The van der Waals surface area contributed by atoms with Crippen molar-refractivity contribution < 1.29 is 14.3 Å². The van der Waals surface area contributed by atoms with Gasteiger partial charge in [0.15, 0.2) is 0 Å². The molecule has 5 nitrogen and oxygen atoms in total. The third kappa shape index (κ3) is 5.10. The Labute approximate surface area is 181 Å². The number of aromatic nitrogens is 2. The maximum atomic E-state index is 12.2. The highest BCUT2D eigenvalue weighted by Gasteiger charge is 2.12. The van der Waals surface area contributed by atoms with Gasteiger partial charge < -0.3 is 9.47 Å². The summed E-state index contributed by atoms with van der Waals surface area (Å²) >= 11 is 6.27. The first kappa shape index (κ1) is 21.7. The van der Waals surface area contributed by atoms with E-state index in [-0.39, 0.29) is 6.61 Å². The summed E-state index contributed by atoms with van der Waals surface area (Å²) < 4.78 is 12.6. The van der Waals surface area contributed by atoms with Gasteiger partial charge in [0.25, 0.3) is 0 Å². The van der Waals surface area contributed by atoms with Crippen LogP contribution >= 0.6 is 11.6 Å². The van der Waals surface area contributed by atoms with Crippen molar-refractivity contribution >= 4 is 23.6 Å². The van der Waals surface area contributed by atoms with Crippen molar-refractivity contribution in [2.24, 2.45) is 0 Å². The molecule has 0 spiro atoms. The molecule has 0 atom stereocenters. The third-order valence-electron chi connectivity index (χ3n) is 4.91. The van der Waals surface area contributed by atoms with Gasteiger partial charge in [0.05, 0.1) is 19.3 Å². The molecule has 30 heavy (non-hydrogen) atoms. The molecule has 0 saturated heterocycles. The number of aryl methyl sites for hydroxylation is 2. The molecule has 0 unspecified atom stereocenters. The van der Waals surface area contributed by atoms with E-state index in [1.807, 2.05) is 67.9 Å². The number of halogens is 1. The summed E-state index contributed by atoms with van der Waals surface area (Å²) in [4.78, 5) is 12.2. The van der Waals surface area contributed by atoms with Crippen molar-refractivity contribution in [1.29, 1.82) is 0 Å². The van der Waals surface area contributed by atoms with Crippen molar-refractivity contribution in [3.05, 3.63) is 87.2 Å². The average molecular weight is 425 g/mol. The number of esters is 1. The molecule has 0 aliphatic heterocycles. The molecule has 1 heterocycles. The zero-order chi connectivity index (χ0) is 21.7. The molecule has 0 N–H and O–H groups in total. The second kappa shape index (κ2) is 9.63. The normalized spacial score (nSPS) is 11.1. The molecule has 3 aromatic rings. The van der Waals surface area contributed by atoms with Crippen LogP contribution in [-0.2, 0) is 22.7 Å². The second-order valence-corrected chi connectivity index (χ2v) is 7.50. The maximum Gasteiger partial charge on any atom is 0.331 e. The van der Waals surface area contributed by atoms with Crippen LogP contribution in [0.5, 0.6) is 5.75 Å². The topological polar surface area (TPSA) is 53.4 Å². The van der Waals surface area contributed by atoms with Gasteiger partial charge in [-0.2, -0.15) is 5.10 Å². The fourth-order valence-corrected chi connectivity index (χ4v) is 3.46. The Hall–Kier alpha value is -3.05. The molecule has 6 heteroatoms. The van der Waals surface area contributed by atoms with E-state index >= 15 is 0 Å². The number of methoxy groups -OCH3 is 1. The van der Waals surface area contributed by atoms with E-state index in [1.54, 1.807) is 13.2 Å². The van der Waals surface area contributed by atoms with Crippen molar-refractivity contribution in [2.75, 3.05) is 7.11 Å². The van der Waals surface area contributed by atoms with Crippen molar-refractivity contribution in [3.8, 4) is 5.75 Å². The zero-order valence-corrected chi connectivity index (χ0v) is 18.4. The summed E-state index contributed by atoms with van der Waals surface area (Å²) in [6.45, 7) is 6.59. The summed E-state index contributed by atoms with van der Waals surface area (Å²) in [7, 11) is 1.60. The number of hydrogen-bond acceptors (Lipinski definition) is 4. The largest absolute Gasteiger partial charge is 0.496 e. The SMILES string of the molecule is COc1ccc(C)cc1COC(=O)/C=C/c1c(C)nn(Cc2ccccc2Cl)c1C. The molecule has 156 valence electrons. The van der Waals surface area contributed by atoms with Gasteiger partial charge in [-0.1, -0.05) is 41.4 Å². The zero-order valence-electron chi connectivity index (χ0n) is 17.6. The molecule has 0 amide bonds. The molecule has 0 bridgehead atoms. The van der Waals surface area contributed by atoms with Crippen LogP contribution in [0.1, 0.15) is 33.6 Å². The molecule has 0 fully saturated rings. The fourth-order valence-electron chi connectivity index (χ4n) is 3.26. The number of benzene rings is 2. The van der Waals surface area contributed by atoms with Crippen LogP contribution in [0, 0.1) is 20.8 Å². The molecule has 0 aliphatic carbocycles. The number of ether oxygens (including phenoxy) is 2. The Morgan fingerprint density at radius 2 is 1.90 bits per heavy atom. The predicted molar refractivity (Wildman–Crippen MR) is 119 cm³/mol. The van der Waals surface area contributed by atoms with E-state index in [0.29, 0.717) is 17.3 Å². The van der Waals surface area contributed by atoms with Crippen LogP contribution in [0.3, 0.4) is 0 Å². The summed E-state index contributed by atoms with van der Waals surface area (Å²) in [6, 6.07) is 13.5. The molecule has 0 radical (unpaired) electrons. The number of hydrogen-bond donors (Lipinski definition) is 0. The fraction of sp³-hybridized carbons (Fsp3) is 0.250. The predicted octanol–water partition coefficient (Wildman–Crippen LogP) is 5.28. The highest BCUT2D eigenvalue weighted by molar-refractivity contribution is 6.31. The van der Waals surface area contributed by atoms with E-state index in [1.165, 1.54) is 6.08 Å². The van der Waals surface area contributed by atoms with E-state index in [2.05, 4.69) is 5.10 Å². The van der Waals surface area contributed by atoms with Crippen LogP contribution in [0.4, 0.5) is 0 Å². The van der Waals surface area contributed by atoms with Gasteiger partial charge in [-0.25, -0.2) is 4.79 Å². The number of carbonyl (C=O) groups excluding carboxylic acids is 1. The van der Waals surface area contributed by atoms with E-state index < -0.39 is 5.97 Å². The minimum Gasteiger partial charge on any atom is -0.496 e. The Morgan fingerprint density at radius 1 is 1.13 bits per heavy atom. The second-order valence-electron chi connectivity index (χ2n) is 7.09. The quantitative estimate of drug-likeness (QED) is 0.382. The lowest BCUT2D eigenvalue weighted by molar-refractivity contribution is -0.138. The van der Waals surface area contributed by atoms with Gasteiger partial charge in [-0.05, 0) is 50.6 Å². The van der Waals surface area contributed by atoms with Crippen molar-refractivity contribution in [2.45, 2.75) is 33.9 Å². The Balaban J connectivity index is 1.69. The molecule has 3 rings (SSSR count). The molecular formula is C24H25ClN2O3. The molecular weight excluding hydrogens is 400 g/mol. The Kier molecular flexibility index (Phi) is 6.95. The van der Waals surface area contributed by atoms with Gasteiger partial charge in [0, 0.05) is 27.9 Å². The minimum absolute atomic E-state index is 0.151. The molecule has 0 saturated carbocycles. The van der Waals surface area contributed by atoms with Crippen LogP contribution in [0.25, 0.3) is 6.08 Å². The summed E-state index contributed by atoms with van der Waals surface area (Å²) in [5.41, 5.74) is 5.59. The highest BCUT2D eigenvalue weighted by Crippen LogP contribution is 2.22. The first-order valence-corrected chi connectivity index (χ1v) is 10.0. The van der Waals surface area contributed by atoms with Gasteiger partial charge >= 0.3 is 5.97 Å². The summed E-state index contributed by atoms with van der Waals surface area (Å²) in [5.74, 6) is 0.279. The molecule has 0 aliphatic rings. The third-order valence-corrected chi connectivity index (χ3v) is 5.28. The smallest absolute Gasteiger partial charge is 0.331 e. The van der Waals surface area contributed by atoms with E-state index in [9.17, 15) is 4.79 Å². The van der Waals surface area contributed by atoms with Gasteiger partial charge in [0.2, 0.25) is 0 Å². The summed E-state index contributed by atoms with van der Waals surface area (Å²) in [6.07, 6.45) is 3.18. The first-order valence-electron chi connectivity index (χ1n) is 9.64. The lowest BCUT2D eigenvalue weighted by Crippen LogP contribution is -2.04. The van der Waals surface area contributed by atoms with Crippen LogP contribution in [0.2, 0.25) is 5.02 Å². The van der Waals surface area contributed by atoms with Gasteiger partial charge in [-0.15, -0.1) is 0 Å². The van der Waals surface area contributed by atoms with E-state index in [4.69, 9.17) is 21.1 Å². The number of rotatable bonds is 7. The monoisotopic (exact) mass is 424 g/mol. The average Bonchev–Trinajstić information content (AvgIpc) is 2.99. The Morgan fingerprint density at radius 3 is 2.63 bits per heavy atom. The van der Waals surface area contributed by atoms with Gasteiger partial charge in [0.1, 0.15) is 12.4 Å². The molecule has 1 aromatic heterocycles. The molecule has 2 aromatic carbocycles. The minimum atomic E-state index is -0.420.